The maximum absolute atomic E-state index is 13.8. The second-order valence-corrected chi connectivity index (χ2v) is 10.2. The SMILES string of the molecule is CC(=O)C[C@H](NC(=O)C(CC(C)C)N1CCCCC1=O)c1cncc(-c2c(C)cccc2C(F)(F)F)c1. The van der Waals surface area contributed by atoms with E-state index in [-0.39, 0.29) is 41.1 Å². The van der Waals surface area contributed by atoms with Crippen molar-refractivity contribution in [2.75, 3.05) is 6.54 Å². The van der Waals surface area contributed by atoms with Gasteiger partial charge in [0.15, 0.2) is 0 Å². The van der Waals surface area contributed by atoms with Crippen LogP contribution in [0.1, 0.15) is 75.6 Å². The molecule has 0 aliphatic carbocycles. The minimum absolute atomic E-state index is 0.00819. The summed E-state index contributed by atoms with van der Waals surface area (Å²) in [6.07, 6.45) is 0.635. The number of alkyl halides is 3. The quantitative estimate of drug-likeness (QED) is 0.467. The number of carbonyl (C=O) groups excluding carboxylic acids is 3. The number of hydrogen-bond acceptors (Lipinski definition) is 4. The highest BCUT2D eigenvalue weighted by atomic mass is 19.4. The van der Waals surface area contributed by atoms with Gasteiger partial charge in [-0.25, -0.2) is 0 Å². The third-order valence-corrected chi connectivity index (χ3v) is 6.57. The molecule has 2 heterocycles. The Bertz CT molecular complexity index is 1150. The van der Waals surface area contributed by atoms with Gasteiger partial charge in [0.05, 0.1) is 11.6 Å². The van der Waals surface area contributed by atoms with Crippen LogP contribution in [0.4, 0.5) is 13.2 Å². The van der Waals surface area contributed by atoms with Gasteiger partial charge in [-0.2, -0.15) is 13.2 Å². The number of halogens is 3. The lowest BCUT2D eigenvalue weighted by Gasteiger charge is -2.35. The Morgan fingerprint density at radius 3 is 2.51 bits per heavy atom. The highest BCUT2D eigenvalue weighted by Crippen LogP contribution is 2.39. The monoisotopic (exact) mass is 517 g/mol. The number of rotatable bonds is 9. The molecule has 1 aromatic carbocycles. The minimum Gasteiger partial charge on any atom is -0.347 e. The smallest absolute Gasteiger partial charge is 0.347 e. The molecule has 0 bridgehead atoms. The van der Waals surface area contributed by atoms with E-state index in [2.05, 4.69) is 10.3 Å². The molecule has 1 aromatic heterocycles. The Morgan fingerprint density at radius 2 is 1.89 bits per heavy atom. The van der Waals surface area contributed by atoms with Crippen LogP contribution in [0.5, 0.6) is 0 Å². The number of piperidine rings is 1. The highest BCUT2D eigenvalue weighted by molar-refractivity contribution is 5.89. The molecule has 2 atom stereocenters. The predicted molar refractivity (Wildman–Crippen MR) is 134 cm³/mol. The number of aromatic nitrogens is 1. The number of likely N-dealkylation sites (tertiary alicyclic amines) is 1. The first-order chi connectivity index (χ1) is 17.4. The van der Waals surface area contributed by atoms with E-state index in [9.17, 15) is 27.6 Å². The van der Waals surface area contributed by atoms with Gasteiger partial charge in [0.2, 0.25) is 11.8 Å². The first-order valence-corrected chi connectivity index (χ1v) is 12.6. The standard InChI is InChI=1S/C28H34F3N3O3/c1-17(2)12-24(34-11-6-5-10-25(34)36)27(37)33-23(13-19(4)35)20-14-21(16-32-15-20)26-18(3)8-7-9-22(26)28(29,30)31/h7-9,14-17,23-24H,5-6,10-13H2,1-4H3,(H,33,37)/t23-,24?/m0/s1. The van der Waals surface area contributed by atoms with Gasteiger partial charge in [-0.3, -0.25) is 19.4 Å². The molecule has 6 nitrogen and oxygen atoms in total. The minimum atomic E-state index is -4.56. The summed E-state index contributed by atoms with van der Waals surface area (Å²) < 4.78 is 41.3. The van der Waals surface area contributed by atoms with E-state index in [1.165, 1.54) is 25.4 Å². The number of amides is 2. The lowest BCUT2D eigenvalue weighted by Crippen LogP contribution is -2.52. The van der Waals surface area contributed by atoms with Gasteiger partial charge in [0.25, 0.3) is 0 Å². The Morgan fingerprint density at radius 1 is 1.16 bits per heavy atom. The zero-order valence-corrected chi connectivity index (χ0v) is 21.7. The zero-order chi connectivity index (χ0) is 27.3. The fourth-order valence-electron chi connectivity index (χ4n) is 4.86. The van der Waals surface area contributed by atoms with Crippen molar-refractivity contribution in [1.82, 2.24) is 15.2 Å². The van der Waals surface area contributed by atoms with Crippen LogP contribution < -0.4 is 5.32 Å². The maximum atomic E-state index is 13.8. The molecular formula is C28H34F3N3O3. The molecule has 0 saturated carbocycles. The normalized spacial score (nSPS) is 16.0. The van der Waals surface area contributed by atoms with Crippen LogP contribution in [0.2, 0.25) is 0 Å². The van der Waals surface area contributed by atoms with Gasteiger partial charge in [0.1, 0.15) is 11.8 Å². The molecule has 1 N–H and O–H groups in total. The Labute approximate surface area is 215 Å². The van der Waals surface area contributed by atoms with Crippen molar-refractivity contribution >= 4 is 17.6 Å². The number of Topliss-reactive ketones (excluding diaryl/α,β-unsaturated/α-hetero) is 1. The van der Waals surface area contributed by atoms with Crippen LogP contribution in [0.3, 0.4) is 0 Å². The van der Waals surface area contributed by atoms with Crippen molar-refractivity contribution in [2.45, 2.75) is 78.1 Å². The Kier molecular flexibility index (Phi) is 9.10. The van der Waals surface area contributed by atoms with Crippen molar-refractivity contribution in [3.63, 3.8) is 0 Å². The molecule has 1 fully saturated rings. The van der Waals surface area contributed by atoms with Gasteiger partial charge in [-0.15, -0.1) is 0 Å². The van der Waals surface area contributed by atoms with E-state index in [4.69, 9.17) is 0 Å². The van der Waals surface area contributed by atoms with E-state index in [0.29, 0.717) is 30.5 Å². The lowest BCUT2D eigenvalue weighted by atomic mass is 9.93. The molecule has 2 amide bonds. The number of carbonyl (C=O) groups is 3. The Hall–Kier alpha value is -3.23. The largest absolute Gasteiger partial charge is 0.417 e. The van der Waals surface area contributed by atoms with Crippen LogP contribution >= 0.6 is 0 Å². The van der Waals surface area contributed by atoms with Gasteiger partial charge < -0.3 is 10.2 Å². The average Bonchev–Trinajstić information content (AvgIpc) is 2.81. The van der Waals surface area contributed by atoms with Gasteiger partial charge in [-0.05, 0) is 67.9 Å². The van der Waals surface area contributed by atoms with Crippen molar-refractivity contribution in [1.29, 1.82) is 0 Å². The van der Waals surface area contributed by atoms with E-state index in [1.807, 2.05) is 13.8 Å². The van der Waals surface area contributed by atoms with Crippen LogP contribution in [0.25, 0.3) is 11.1 Å². The summed E-state index contributed by atoms with van der Waals surface area (Å²) in [5.74, 6) is -0.508. The fourth-order valence-corrected chi connectivity index (χ4v) is 4.86. The average molecular weight is 518 g/mol. The lowest BCUT2D eigenvalue weighted by molar-refractivity contribution is -0.143. The second kappa shape index (κ2) is 11.9. The molecule has 2 aromatic rings. The first kappa shape index (κ1) is 28.3. The Balaban J connectivity index is 1.98. The van der Waals surface area contributed by atoms with E-state index < -0.39 is 23.8 Å². The van der Waals surface area contributed by atoms with Crippen molar-refractivity contribution in [3.8, 4) is 11.1 Å². The molecule has 37 heavy (non-hydrogen) atoms. The number of nitrogens with zero attached hydrogens (tertiary/aromatic N) is 2. The number of hydrogen-bond donors (Lipinski definition) is 1. The number of benzene rings is 1. The number of ketones is 1. The first-order valence-electron chi connectivity index (χ1n) is 12.6. The maximum Gasteiger partial charge on any atom is 0.417 e. The summed E-state index contributed by atoms with van der Waals surface area (Å²) in [5.41, 5.74) is 0.330. The summed E-state index contributed by atoms with van der Waals surface area (Å²) >= 11 is 0. The molecule has 0 spiro atoms. The molecule has 1 unspecified atom stereocenters. The van der Waals surface area contributed by atoms with E-state index in [1.54, 1.807) is 24.0 Å². The van der Waals surface area contributed by atoms with Crippen molar-refractivity contribution < 1.29 is 27.6 Å². The van der Waals surface area contributed by atoms with Gasteiger partial charge in [0, 0.05) is 37.3 Å². The van der Waals surface area contributed by atoms with Crippen molar-refractivity contribution in [2.24, 2.45) is 5.92 Å². The van der Waals surface area contributed by atoms with Crippen LogP contribution in [0.15, 0.2) is 36.7 Å². The predicted octanol–water partition coefficient (Wildman–Crippen LogP) is 5.64. The molecule has 9 heteroatoms. The molecule has 0 radical (unpaired) electrons. The molecule has 3 rings (SSSR count). The number of nitrogens with one attached hydrogen (secondary N) is 1. The third-order valence-electron chi connectivity index (χ3n) is 6.57. The summed E-state index contributed by atoms with van der Waals surface area (Å²) in [7, 11) is 0. The summed E-state index contributed by atoms with van der Waals surface area (Å²) in [6, 6.07) is 4.03. The second-order valence-electron chi connectivity index (χ2n) is 10.2. The molecule has 1 aliphatic heterocycles. The topological polar surface area (TPSA) is 79.4 Å². The van der Waals surface area contributed by atoms with Crippen LogP contribution in [-0.4, -0.2) is 40.1 Å². The van der Waals surface area contributed by atoms with Crippen molar-refractivity contribution in [3.05, 3.63) is 53.3 Å². The number of aryl methyl sites for hydroxylation is 1. The fraction of sp³-hybridized carbons (Fsp3) is 0.500. The van der Waals surface area contributed by atoms with Gasteiger partial charge >= 0.3 is 6.18 Å². The highest BCUT2D eigenvalue weighted by Gasteiger charge is 2.35. The summed E-state index contributed by atoms with van der Waals surface area (Å²) in [5, 5.41) is 2.91. The van der Waals surface area contributed by atoms with Crippen LogP contribution in [-0.2, 0) is 20.6 Å². The van der Waals surface area contributed by atoms with E-state index >= 15 is 0 Å². The van der Waals surface area contributed by atoms with Gasteiger partial charge in [-0.1, -0.05) is 26.0 Å². The molecule has 200 valence electrons. The molecule has 1 aliphatic rings. The summed E-state index contributed by atoms with van der Waals surface area (Å²) in [4.78, 5) is 44.0. The summed E-state index contributed by atoms with van der Waals surface area (Å²) in [6.45, 7) is 7.41. The molecular weight excluding hydrogens is 483 g/mol. The third kappa shape index (κ3) is 7.17. The van der Waals surface area contributed by atoms with Crippen LogP contribution in [0, 0.1) is 12.8 Å². The zero-order valence-electron chi connectivity index (χ0n) is 21.7. The van der Waals surface area contributed by atoms with E-state index in [0.717, 1.165) is 18.9 Å². The number of pyridine rings is 1. The molecule has 1 saturated heterocycles.